The summed E-state index contributed by atoms with van der Waals surface area (Å²) in [5.41, 5.74) is 0.718. The van der Waals surface area contributed by atoms with Gasteiger partial charge in [-0.25, -0.2) is 4.79 Å². The number of hydrogen-bond acceptors (Lipinski definition) is 1. The Kier molecular flexibility index (Phi) is 3.11. The van der Waals surface area contributed by atoms with Crippen LogP contribution < -0.4 is 10.6 Å². The molecule has 0 saturated heterocycles. The van der Waals surface area contributed by atoms with Gasteiger partial charge < -0.3 is 10.6 Å². The van der Waals surface area contributed by atoms with Crippen molar-refractivity contribution >= 4 is 23.3 Å². The van der Waals surface area contributed by atoms with E-state index in [1.54, 1.807) is 18.2 Å². The molecular formula is C11H13ClN2O. The molecule has 15 heavy (non-hydrogen) atoms. The van der Waals surface area contributed by atoms with E-state index < -0.39 is 0 Å². The fraction of sp³-hybridized carbons (Fsp3) is 0.364. The minimum absolute atomic E-state index is 0.163. The minimum Gasteiger partial charge on any atom is -0.338 e. The van der Waals surface area contributed by atoms with Gasteiger partial charge in [-0.3, -0.25) is 0 Å². The number of urea groups is 1. The predicted octanol–water partition coefficient (Wildman–Crippen LogP) is 2.87. The smallest absolute Gasteiger partial charge is 0.319 e. The molecule has 1 aliphatic carbocycles. The number of hydrogen-bond donors (Lipinski definition) is 2. The molecule has 1 aromatic rings. The summed E-state index contributed by atoms with van der Waals surface area (Å²) >= 11 is 5.79. The average molecular weight is 225 g/mol. The van der Waals surface area contributed by atoms with Crippen LogP contribution in [0.5, 0.6) is 0 Å². The number of halogens is 1. The summed E-state index contributed by atoms with van der Waals surface area (Å²) in [5.74, 6) is 0.690. The van der Waals surface area contributed by atoms with Gasteiger partial charge in [0.15, 0.2) is 0 Å². The lowest BCUT2D eigenvalue weighted by atomic mass is 10.3. The molecule has 2 amide bonds. The van der Waals surface area contributed by atoms with Gasteiger partial charge in [0, 0.05) is 17.3 Å². The van der Waals surface area contributed by atoms with Crippen LogP contribution in [0.15, 0.2) is 24.3 Å². The van der Waals surface area contributed by atoms with Gasteiger partial charge in [-0.15, -0.1) is 0 Å². The van der Waals surface area contributed by atoms with Crippen LogP contribution in [-0.2, 0) is 0 Å². The lowest BCUT2D eigenvalue weighted by Crippen LogP contribution is -2.30. The molecule has 4 heteroatoms. The fourth-order valence-electron chi connectivity index (χ4n) is 1.30. The van der Waals surface area contributed by atoms with Crippen LogP contribution >= 0.6 is 11.6 Å². The Balaban J connectivity index is 1.81. The average Bonchev–Trinajstić information content (AvgIpc) is 2.98. The van der Waals surface area contributed by atoms with E-state index in [1.807, 2.05) is 6.07 Å². The lowest BCUT2D eigenvalue weighted by molar-refractivity contribution is 0.251. The minimum atomic E-state index is -0.163. The molecule has 80 valence electrons. The van der Waals surface area contributed by atoms with Crippen molar-refractivity contribution in [1.29, 1.82) is 0 Å². The number of anilines is 1. The van der Waals surface area contributed by atoms with Crippen molar-refractivity contribution in [2.75, 3.05) is 11.9 Å². The molecule has 1 aromatic carbocycles. The summed E-state index contributed by atoms with van der Waals surface area (Å²) in [7, 11) is 0. The van der Waals surface area contributed by atoms with Crippen molar-refractivity contribution in [2.45, 2.75) is 12.8 Å². The molecule has 0 atom stereocenters. The Bertz CT molecular complexity index is 363. The maximum absolute atomic E-state index is 11.4. The van der Waals surface area contributed by atoms with Crippen molar-refractivity contribution in [1.82, 2.24) is 5.32 Å². The number of nitrogens with one attached hydrogen (secondary N) is 2. The molecule has 0 heterocycles. The van der Waals surface area contributed by atoms with E-state index in [9.17, 15) is 4.79 Å². The van der Waals surface area contributed by atoms with E-state index in [1.165, 1.54) is 12.8 Å². The monoisotopic (exact) mass is 224 g/mol. The van der Waals surface area contributed by atoms with E-state index in [-0.39, 0.29) is 6.03 Å². The van der Waals surface area contributed by atoms with Crippen LogP contribution in [-0.4, -0.2) is 12.6 Å². The quantitative estimate of drug-likeness (QED) is 0.815. The number of carbonyl (C=O) groups is 1. The van der Waals surface area contributed by atoms with Crippen LogP contribution in [0.25, 0.3) is 0 Å². The first-order valence-electron chi connectivity index (χ1n) is 5.04. The lowest BCUT2D eigenvalue weighted by Gasteiger charge is -2.06. The standard InChI is InChI=1S/C11H13ClN2O/c12-9-2-1-3-10(6-9)14-11(15)13-7-8-4-5-8/h1-3,6,8H,4-5,7H2,(H2,13,14,15). The van der Waals surface area contributed by atoms with Gasteiger partial charge in [-0.2, -0.15) is 0 Å². The highest BCUT2D eigenvalue weighted by atomic mass is 35.5. The van der Waals surface area contributed by atoms with Crippen molar-refractivity contribution < 1.29 is 4.79 Å². The predicted molar refractivity (Wildman–Crippen MR) is 61.2 cm³/mol. The van der Waals surface area contributed by atoms with Crippen LogP contribution in [0, 0.1) is 5.92 Å². The molecule has 0 spiro atoms. The maximum Gasteiger partial charge on any atom is 0.319 e. The molecule has 1 fully saturated rings. The molecule has 0 bridgehead atoms. The summed E-state index contributed by atoms with van der Waals surface area (Å²) in [5, 5.41) is 6.17. The van der Waals surface area contributed by atoms with Crippen LogP contribution in [0.3, 0.4) is 0 Å². The molecular weight excluding hydrogens is 212 g/mol. The van der Waals surface area contributed by atoms with Crippen molar-refractivity contribution in [2.24, 2.45) is 5.92 Å². The summed E-state index contributed by atoms with van der Waals surface area (Å²) in [6.45, 7) is 0.770. The number of benzene rings is 1. The van der Waals surface area contributed by atoms with Gasteiger partial charge >= 0.3 is 6.03 Å². The van der Waals surface area contributed by atoms with Gasteiger partial charge in [0.1, 0.15) is 0 Å². The second kappa shape index (κ2) is 4.53. The van der Waals surface area contributed by atoms with Gasteiger partial charge in [-0.1, -0.05) is 17.7 Å². The first kappa shape index (κ1) is 10.3. The summed E-state index contributed by atoms with van der Waals surface area (Å²) in [6, 6.07) is 6.94. The molecule has 0 radical (unpaired) electrons. The largest absolute Gasteiger partial charge is 0.338 e. The zero-order valence-electron chi connectivity index (χ0n) is 8.29. The highest BCUT2D eigenvalue weighted by Gasteiger charge is 2.21. The second-order valence-corrected chi connectivity index (χ2v) is 4.23. The molecule has 0 aromatic heterocycles. The Morgan fingerprint density at radius 2 is 2.27 bits per heavy atom. The third kappa shape index (κ3) is 3.44. The highest BCUT2D eigenvalue weighted by molar-refractivity contribution is 6.30. The molecule has 2 rings (SSSR count). The van der Waals surface area contributed by atoms with E-state index in [4.69, 9.17) is 11.6 Å². The summed E-state index contributed by atoms with van der Waals surface area (Å²) in [4.78, 5) is 11.4. The fourth-order valence-corrected chi connectivity index (χ4v) is 1.49. The zero-order chi connectivity index (χ0) is 10.7. The van der Waals surface area contributed by atoms with Crippen molar-refractivity contribution in [3.05, 3.63) is 29.3 Å². The third-order valence-corrected chi connectivity index (χ3v) is 2.57. The van der Waals surface area contributed by atoms with E-state index in [2.05, 4.69) is 10.6 Å². The maximum atomic E-state index is 11.4. The van der Waals surface area contributed by atoms with Gasteiger partial charge in [0.25, 0.3) is 0 Å². The topological polar surface area (TPSA) is 41.1 Å². The zero-order valence-corrected chi connectivity index (χ0v) is 9.05. The highest BCUT2D eigenvalue weighted by Crippen LogP contribution is 2.27. The van der Waals surface area contributed by atoms with Crippen LogP contribution in [0.4, 0.5) is 10.5 Å². The first-order chi connectivity index (χ1) is 7.24. The summed E-state index contributed by atoms with van der Waals surface area (Å²) in [6.07, 6.45) is 2.47. The molecule has 3 nitrogen and oxygen atoms in total. The van der Waals surface area contributed by atoms with E-state index in [0.717, 1.165) is 12.2 Å². The number of rotatable bonds is 3. The van der Waals surface area contributed by atoms with E-state index in [0.29, 0.717) is 10.9 Å². The number of carbonyl (C=O) groups excluding carboxylic acids is 1. The SMILES string of the molecule is O=C(NCC1CC1)Nc1cccc(Cl)c1. The molecule has 2 N–H and O–H groups in total. The second-order valence-electron chi connectivity index (χ2n) is 3.79. The number of amides is 2. The molecule has 1 saturated carbocycles. The van der Waals surface area contributed by atoms with Crippen LogP contribution in [0.2, 0.25) is 5.02 Å². The molecule has 0 aliphatic heterocycles. The van der Waals surface area contributed by atoms with Crippen molar-refractivity contribution in [3.63, 3.8) is 0 Å². The molecule has 1 aliphatic rings. The normalized spacial score (nSPS) is 14.7. The Morgan fingerprint density at radius 3 is 2.93 bits per heavy atom. The Hall–Kier alpha value is -1.22. The van der Waals surface area contributed by atoms with Gasteiger partial charge in [-0.05, 0) is 37.0 Å². The summed E-state index contributed by atoms with van der Waals surface area (Å²) < 4.78 is 0. The molecule has 0 unspecified atom stereocenters. The Labute approximate surface area is 93.8 Å². The first-order valence-corrected chi connectivity index (χ1v) is 5.42. The van der Waals surface area contributed by atoms with E-state index >= 15 is 0 Å². The van der Waals surface area contributed by atoms with Gasteiger partial charge in [0.2, 0.25) is 0 Å². The van der Waals surface area contributed by atoms with Crippen molar-refractivity contribution in [3.8, 4) is 0 Å². The van der Waals surface area contributed by atoms with Gasteiger partial charge in [0.05, 0.1) is 0 Å². The van der Waals surface area contributed by atoms with Crippen LogP contribution in [0.1, 0.15) is 12.8 Å². The Morgan fingerprint density at radius 1 is 1.47 bits per heavy atom. The third-order valence-electron chi connectivity index (χ3n) is 2.33.